The minimum Gasteiger partial charge on any atom is -0.387 e. The highest BCUT2D eigenvalue weighted by molar-refractivity contribution is 5.77. The number of aliphatic hydroxyl groups excluding tert-OH is 1. The molecule has 0 spiro atoms. The first kappa shape index (κ1) is 13.8. The maximum Gasteiger partial charge on any atom is 0.245 e. The molecule has 0 aliphatic carbocycles. The average Bonchev–Trinajstić information content (AvgIpc) is 2.83. The summed E-state index contributed by atoms with van der Waals surface area (Å²) < 4.78 is 2.13. The van der Waals surface area contributed by atoms with E-state index in [-0.39, 0.29) is 11.9 Å². The largest absolute Gasteiger partial charge is 0.387 e. The summed E-state index contributed by atoms with van der Waals surface area (Å²) in [6, 6.07) is 10.1. The van der Waals surface area contributed by atoms with E-state index >= 15 is 0 Å². The summed E-state index contributed by atoms with van der Waals surface area (Å²) in [5, 5.41) is 20.2. The first-order valence-electron chi connectivity index (χ1n) is 7.15. The second kappa shape index (κ2) is 6.05. The molecule has 6 nitrogen and oxygen atoms in total. The van der Waals surface area contributed by atoms with Gasteiger partial charge in [-0.3, -0.25) is 4.79 Å². The molecule has 3 rings (SSSR count). The molecule has 1 amide bonds. The lowest BCUT2D eigenvalue weighted by atomic mass is 10.1. The first-order valence-corrected chi connectivity index (χ1v) is 7.15. The molecule has 0 saturated heterocycles. The van der Waals surface area contributed by atoms with Crippen LogP contribution in [0, 0.1) is 0 Å². The second-order valence-corrected chi connectivity index (χ2v) is 5.21. The van der Waals surface area contributed by atoms with E-state index in [4.69, 9.17) is 5.11 Å². The number of benzene rings is 1. The van der Waals surface area contributed by atoms with Crippen LogP contribution in [-0.4, -0.2) is 38.4 Å². The number of aromatic nitrogens is 3. The summed E-state index contributed by atoms with van der Waals surface area (Å²) in [5.41, 5.74) is 1.05. The Morgan fingerprint density at radius 3 is 2.86 bits per heavy atom. The summed E-state index contributed by atoms with van der Waals surface area (Å²) >= 11 is 0. The summed E-state index contributed by atoms with van der Waals surface area (Å²) in [6.45, 7) is 0.306. The number of hydrogen-bond donors (Lipinski definition) is 2. The lowest BCUT2D eigenvalue weighted by Gasteiger charge is -2.15. The third kappa shape index (κ3) is 2.95. The number of aryl methyl sites for hydroxylation is 1. The van der Waals surface area contributed by atoms with Crippen molar-refractivity contribution in [2.24, 2.45) is 0 Å². The van der Waals surface area contributed by atoms with Gasteiger partial charge in [0.15, 0.2) is 5.82 Å². The molecule has 1 unspecified atom stereocenters. The zero-order valence-electron chi connectivity index (χ0n) is 11.7. The fraction of sp³-hybridized carbons (Fsp3) is 0.400. The van der Waals surface area contributed by atoms with Crippen LogP contribution in [0.3, 0.4) is 0 Å². The Bertz CT molecular complexity index is 624. The molecule has 0 fully saturated rings. The lowest BCUT2D eigenvalue weighted by Crippen LogP contribution is -2.36. The molecule has 0 bridgehead atoms. The Morgan fingerprint density at radius 1 is 1.29 bits per heavy atom. The van der Waals surface area contributed by atoms with Gasteiger partial charge in [0.05, 0.1) is 0 Å². The predicted molar refractivity (Wildman–Crippen MR) is 77.4 cm³/mol. The van der Waals surface area contributed by atoms with Gasteiger partial charge >= 0.3 is 0 Å². The number of amides is 1. The van der Waals surface area contributed by atoms with Gasteiger partial charge < -0.3 is 15.0 Å². The molecule has 6 heteroatoms. The van der Waals surface area contributed by atoms with E-state index < -0.39 is 6.61 Å². The van der Waals surface area contributed by atoms with Gasteiger partial charge in [-0.15, -0.1) is 10.2 Å². The number of carbonyl (C=O) groups is 1. The van der Waals surface area contributed by atoms with Gasteiger partial charge in [0.2, 0.25) is 5.91 Å². The molecule has 0 radical (unpaired) electrons. The van der Waals surface area contributed by atoms with Crippen LogP contribution in [0.25, 0.3) is 11.4 Å². The van der Waals surface area contributed by atoms with Gasteiger partial charge in [-0.1, -0.05) is 30.3 Å². The van der Waals surface area contributed by atoms with Crippen LogP contribution in [-0.2, 0) is 17.8 Å². The topological polar surface area (TPSA) is 80.0 Å². The average molecular weight is 286 g/mol. The first-order chi connectivity index (χ1) is 10.3. The van der Waals surface area contributed by atoms with Gasteiger partial charge in [0.25, 0.3) is 0 Å². The molecule has 110 valence electrons. The molecule has 21 heavy (non-hydrogen) atoms. The number of rotatable bonds is 3. The standard InChI is InChI=1S/C15H18N4O2/c20-10-14(21)16-12-6-7-13-17-18-15(19(13)9-8-12)11-4-2-1-3-5-11/h1-5,12,20H,6-10H2,(H,16,21). The Balaban J connectivity index is 1.78. The van der Waals surface area contributed by atoms with Crippen molar-refractivity contribution in [3.63, 3.8) is 0 Å². The van der Waals surface area contributed by atoms with E-state index in [1.165, 1.54) is 0 Å². The Hall–Kier alpha value is -2.21. The maximum atomic E-state index is 11.3. The number of hydrogen-bond acceptors (Lipinski definition) is 4. The van der Waals surface area contributed by atoms with Crippen LogP contribution in [0.4, 0.5) is 0 Å². The quantitative estimate of drug-likeness (QED) is 0.873. The smallest absolute Gasteiger partial charge is 0.245 e. The normalized spacial score (nSPS) is 17.9. The van der Waals surface area contributed by atoms with Gasteiger partial charge in [-0.05, 0) is 12.8 Å². The molecule has 1 atom stereocenters. The Morgan fingerprint density at radius 2 is 2.10 bits per heavy atom. The van der Waals surface area contributed by atoms with Crippen molar-refractivity contribution < 1.29 is 9.90 Å². The SMILES string of the molecule is O=C(CO)NC1CCc2nnc(-c3ccccc3)n2CC1. The third-order valence-electron chi connectivity index (χ3n) is 3.79. The Kier molecular flexibility index (Phi) is 3.96. The van der Waals surface area contributed by atoms with Crippen molar-refractivity contribution in [2.45, 2.75) is 31.8 Å². The van der Waals surface area contributed by atoms with Crippen molar-refractivity contribution in [3.8, 4) is 11.4 Å². The Labute approximate surface area is 122 Å². The number of aliphatic hydroxyl groups is 1. The third-order valence-corrected chi connectivity index (χ3v) is 3.79. The molecule has 1 aromatic heterocycles. The summed E-state index contributed by atoms with van der Waals surface area (Å²) in [6.07, 6.45) is 2.41. The molecule has 2 heterocycles. The van der Waals surface area contributed by atoms with Crippen LogP contribution < -0.4 is 5.32 Å². The van der Waals surface area contributed by atoms with Gasteiger partial charge in [-0.2, -0.15) is 0 Å². The summed E-state index contributed by atoms with van der Waals surface area (Å²) in [4.78, 5) is 11.3. The number of nitrogens with zero attached hydrogens (tertiary/aromatic N) is 3. The highest BCUT2D eigenvalue weighted by Gasteiger charge is 2.21. The van der Waals surface area contributed by atoms with E-state index in [0.717, 1.165) is 43.0 Å². The number of nitrogens with one attached hydrogen (secondary N) is 1. The maximum absolute atomic E-state index is 11.3. The van der Waals surface area contributed by atoms with E-state index in [1.54, 1.807) is 0 Å². The van der Waals surface area contributed by atoms with Gasteiger partial charge in [0.1, 0.15) is 12.4 Å². The zero-order chi connectivity index (χ0) is 14.7. The van der Waals surface area contributed by atoms with Crippen LogP contribution >= 0.6 is 0 Å². The molecule has 0 saturated carbocycles. The van der Waals surface area contributed by atoms with Crippen molar-refractivity contribution in [2.75, 3.05) is 6.61 Å². The van der Waals surface area contributed by atoms with Gasteiger partial charge in [0, 0.05) is 24.6 Å². The minimum atomic E-state index is -0.460. The van der Waals surface area contributed by atoms with Crippen LogP contribution in [0.2, 0.25) is 0 Å². The molecule has 1 aromatic carbocycles. The molecular formula is C15H18N4O2. The molecule has 1 aliphatic rings. The van der Waals surface area contributed by atoms with Crippen molar-refractivity contribution in [1.82, 2.24) is 20.1 Å². The second-order valence-electron chi connectivity index (χ2n) is 5.21. The monoisotopic (exact) mass is 286 g/mol. The van der Waals surface area contributed by atoms with E-state index in [0.29, 0.717) is 0 Å². The van der Waals surface area contributed by atoms with Gasteiger partial charge in [-0.25, -0.2) is 0 Å². The lowest BCUT2D eigenvalue weighted by molar-refractivity contribution is -0.124. The molecule has 2 aromatic rings. The minimum absolute atomic E-state index is 0.0787. The molecule has 1 aliphatic heterocycles. The fourth-order valence-corrected chi connectivity index (χ4v) is 2.71. The van der Waals surface area contributed by atoms with E-state index in [9.17, 15) is 4.79 Å². The fourth-order valence-electron chi connectivity index (χ4n) is 2.71. The van der Waals surface area contributed by atoms with E-state index in [1.807, 2.05) is 30.3 Å². The van der Waals surface area contributed by atoms with Crippen LogP contribution in [0.1, 0.15) is 18.7 Å². The van der Waals surface area contributed by atoms with Crippen molar-refractivity contribution >= 4 is 5.91 Å². The van der Waals surface area contributed by atoms with Crippen molar-refractivity contribution in [1.29, 1.82) is 0 Å². The highest BCUT2D eigenvalue weighted by atomic mass is 16.3. The van der Waals surface area contributed by atoms with E-state index in [2.05, 4.69) is 20.1 Å². The number of carbonyl (C=O) groups excluding carboxylic acids is 1. The highest BCUT2D eigenvalue weighted by Crippen LogP contribution is 2.22. The summed E-state index contributed by atoms with van der Waals surface area (Å²) in [7, 11) is 0. The van der Waals surface area contributed by atoms with Crippen molar-refractivity contribution in [3.05, 3.63) is 36.2 Å². The molecule has 2 N–H and O–H groups in total. The zero-order valence-corrected chi connectivity index (χ0v) is 11.7. The predicted octanol–water partition coefficient (Wildman–Crippen LogP) is 0.758. The summed E-state index contributed by atoms with van der Waals surface area (Å²) in [5.74, 6) is 1.51. The molecular weight excluding hydrogens is 268 g/mol. The number of fused-ring (bicyclic) bond motifs is 1. The van der Waals surface area contributed by atoms with Crippen LogP contribution in [0.5, 0.6) is 0 Å². The van der Waals surface area contributed by atoms with Crippen LogP contribution in [0.15, 0.2) is 30.3 Å².